The van der Waals surface area contributed by atoms with Crippen molar-refractivity contribution in [3.05, 3.63) is 41.7 Å². The van der Waals surface area contributed by atoms with Crippen molar-refractivity contribution in [1.29, 1.82) is 0 Å². The first kappa shape index (κ1) is 15.4. The number of nitrogens with one attached hydrogen (secondary N) is 1. The molecule has 0 bridgehead atoms. The first-order chi connectivity index (χ1) is 11.2. The lowest BCUT2D eigenvalue weighted by atomic mass is 9.94. The molecule has 0 saturated carbocycles. The number of carbonyl (C=O) groups is 1. The number of nitrogens with zero attached hydrogens (tertiary/aromatic N) is 2. The van der Waals surface area contributed by atoms with Crippen LogP contribution in [0.1, 0.15) is 30.1 Å². The maximum atomic E-state index is 12.3. The SMILES string of the molecule is COc1cc(C2CCN(C(=O)Nc3cccc(C)c3)CC2)on1. The van der Waals surface area contributed by atoms with E-state index in [1.165, 1.54) is 0 Å². The summed E-state index contributed by atoms with van der Waals surface area (Å²) in [5.74, 6) is 1.62. The summed E-state index contributed by atoms with van der Waals surface area (Å²) in [6, 6.07) is 9.59. The second-order valence-corrected chi connectivity index (χ2v) is 5.83. The standard InChI is InChI=1S/C17H21N3O3/c1-12-4-3-5-14(10-12)18-17(21)20-8-6-13(7-9-20)15-11-16(22-2)19-23-15/h3-5,10-11,13H,6-9H2,1-2H3,(H,18,21). The number of anilines is 1. The number of aryl methyl sites for hydroxylation is 1. The number of ether oxygens (including phenoxy) is 1. The molecule has 2 amide bonds. The molecule has 2 aromatic rings. The first-order valence-electron chi connectivity index (χ1n) is 7.79. The number of hydrogen-bond donors (Lipinski definition) is 1. The third-order valence-corrected chi connectivity index (χ3v) is 4.17. The van der Waals surface area contributed by atoms with Gasteiger partial charge in [0.15, 0.2) is 0 Å². The zero-order valence-corrected chi connectivity index (χ0v) is 13.4. The van der Waals surface area contributed by atoms with Crippen LogP contribution < -0.4 is 10.1 Å². The number of hydrogen-bond acceptors (Lipinski definition) is 4. The number of benzene rings is 1. The molecular weight excluding hydrogens is 294 g/mol. The molecule has 0 unspecified atom stereocenters. The molecule has 0 radical (unpaired) electrons. The number of amides is 2. The maximum Gasteiger partial charge on any atom is 0.321 e. The second-order valence-electron chi connectivity index (χ2n) is 5.83. The molecule has 1 fully saturated rings. The Morgan fingerprint density at radius 2 is 2.13 bits per heavy atom. The highest BCUT2D eigenvalue weighted by Crippen LogP contribution is 2.30. The molecule has 0 aliphatic carbocycles. The molecule has 1 aromatic carbocycles. The Morgan fingerprint density at radius 3 is 2.78 bits per heavy atom. The van der Waals surface area contributed by atoms with Gasteiger partial charge in [-0.2, -0.15) is 0 Å². The third-order valence-electron chi connectivity index (χ3n) is 4.17. The molecule has 0 atom stereocenters. The number of likely N-dealkylation sites (tertiary alicyclic amines) is 1. The van der Waals surface area contributed by atoms with Crippen molar-refractivity contribution in [1.82, 2.24) is 10.1 Å². The van der Waals surface area contributed by atoms with E-state index in [4.69, 9.17) is 9.26 Å². The van der Waals surface area contributed by atoms with E-state index >= 15 is 0 Å². The molecular formula is C17H21N3O3. The van der Waals surface area contributed by atoms with Gasteiger partial charge in [0.2, 0.25) is 0 Å². The minimum absolute atomic E-state index is 0.0517. The highest BCUT2D eigenvalue weighted by atomic mass is 16.5. The molecule has 23 heavy (non-hydrogen) atoms. The summed E-state index contributed by atoms with van der Waals surface area (Å²) in [6.45, 7) is 3.41. The van der Waals surface area contributed by atoms with Crippen LogP contribution in [0, 0.1) is 6.92 Å². The number of rotatable bonds is 3. The van der Waals surface area contributed by atoms with E-state index in [0.717, 1.165) is 29.9 Å². The van der Waals surface area contributed by atoms with Gasteiger partial charge in [-0.1, -0.05) is 12.1 Å². The van der Waals surface area contributed by atoms with E-state index in [2.05, 4.69) is 10.5 Å². The number of aromatic nitrogens is 1. The summed E-state index contributed by atoms with van der Waals surface area (Å²) in [6.07, 6.45) is 1.72. The highest BCUT2D eigenvalue weighted by Gasteiger charge is 2.26. The average molecular weight is 315 g/mol. The lowest BCUT2D eigenvalue weighted by Crippen LogP contribution is -2.40. The van der Waals surface area contributed by atoms with E-state index in [0.29, 0.717) is 19.0 Å². The highest BCUT2D eigenvalue weighted by molar-refractivity contribution is 5.89. The fourth-order valence-electron chi connectivity index (χ4n) is 2.85. The monoisotopic (exact) mass is 315 g/mol. The van der Waals surface area contributed by atoms with Crippen molar-refractivity contribution in [2.45, 2.75) is 25.7 Å². The van der Waals surface area contributed by atoms with Crippen molar-refractivity contribution in [3.8, 4) is 5.88 Å². The fourth-order valence-corrected chi connectivity index (χ4v) is 2.85. The number of methoxy groups -OCH3 is 1. The molecule has 6 nitrogen and oxygen atoms in total. The van der Waals surface area contributed by atoms with Gasteiger partial charge in [0, 0.05) is 30.8 Å². The van der Waals surface area contributed by atoms with Gasteiger partial charge in [-0.05, 0) is 42.6 Å². The second kappa shape index (κ2) is 6.73. The van der Waals surface area contributed by atoms with Crippen molar-refractivity contribution < 1.29 is 14.1 Å². The van der Waals surface area contributed by atoms with Crippen molar-refractivity contribution in [2.24, 2.45) is 0 Å². The van der Waals surface area contributed by atoms with Gasteiger partial charge in [0.1, 0.15) is 5.76 Å². The normalized spacial score (nSPS) is 15.5. The molecule has 1 aliphatic rings. The molecule has 122 valence electrons. The predicted octanol–water partition coefficient (Wildman–Crippen LogP) is 3.40. The van der Waals surface area contributed by atoms with E-state index < -0.39 is 0 Å². The number of carbonyl (C=O) groups excluding carboxylic acids is 1. The van der Waals surface area contributed by atoms with Crippen LogP contribution in [0.2, 0.25) is 0 Å². The lowest BCUT2D eigenvalue weighted by Gasteiger charge is -2.30. The Balaban J connectivity index is 1.55. The predicted molar refractivity (Wildman–Crippen MR) is 86.8 cm³/mol. The average Bonchev–Trinajstić information content (AvgIpc) is 3.04. The minimum atomic E-state index is -0.0517. The number of piperidine rings is 1. The smallest absolute Gasteiger partial charge is 0.321 e. The van der Waals surface area contributed by atoms with Gasteiger partial charge in [-0.3, -0.25) is 0 Å². The van der Waals surface area contributed by atoms with Gasteiger partial charge in [-0.15, -0.1) is 0 Å². The van der Waals surface area contributed by atoms with Gasteiger partial charge < -0.3 is 19.5 Å². The quantitative estimate of drug-likeness (QED) is 0.942. The zero-order chi connectivity index (χ0) is 16.2. The molecule has 6 heteroatoms. The fraction of sp³-hybridized carbons (Fsp3) is 0.412. The van der Waals surface area contributed by atoms with Crippen molar-refractivity contribution >= 4 is 11.7 Å². The van der Waals surface area contributed by atoms with Crippen LogP contribution in [0.3, 0.4) is 0 Å². The Morgan fingerprint density at radius 1 is 1.35 bits per heavy atom. The molecule has 1 N–H and O–H groups in total. The van der Waals surface area contributed by atoms with E-state index in [9.17, 15) is 4.79 Å². The molecule has 1 saturated heterocycles. The Kier molecular flexibility index (Phi) is 4.50. The van der Waals surface area contributed by atoms with Gasteiger partial charge in [-0.25, -0.2) is 4.79 Å². The van der Waals surface area contributed by atoms with Crippen LogP contribution in [0.4, 0.5) is 10.5 Å². The molecule has 2 heterocycles. The summed E-state index contributed by atoms with van der Waals surface area (Å²) in [7, 11) is 1.57. The molecule has 1 aliphatic heterocycles. The van der Waals surface area contributed by atoms with Crippen LogP contribution in [0.15, 0.2) is 34.9 Å². The summed E-state index contributed by atoms with van der Waals surface area (Å²) in [4.78, 5) is 14.2. The molecule has 0 spiro atoms. The summed E-state index contributed by atoms with van der Waals surface area (Å²) < 4.78 is 10.3. The van der Waals surface area contributed by atoms with E-state index in [1.807, 2.05) is 42.2 Å². The van der Waals surface area contributed by atoms with Gasteiger partial charge in [0.05, 0.1) is 7.11 Å². The summed E-state index contributed by atoms with van der Waals surface area (Å²) in [5.41, 5.74) is 1.96. The first-order valence-corrected chi connectivity index (χ1v) is 7.79. The van der Waals surface area contributed by atoms with Crippen molar-refractivity contribution in [3.63, 3.8) is 0 Å². The Bertz CT molecular complexity index is 675. The van der Waals surface area contributed by atoms with E-state index in [-0.39, 0.29) is 11.9 Å². The summed E-state index contributed by atoms with van der Waals surface area (Å²) in [5, 5.41) is 6.79. The van der Waals surface area contributed by atoms with Gasteiger partial charge in [0.25, 0.3) is 5.88 Å². The van der Waals surface area contributed by atoms with Crippen LogP contribution in [-0.4, -0.2) is 36.3 Å². The zero-order valence-electron chi connectivity index (χ0n) is 13.4. The van der Waals surface area contributed by atoms with E-state index in [1.54, 1.807) is 7.11 Å². The van der Waals surface area contributed by atoms with Crippen LogP contribution in [0.25, 0.3) is 0 Å². The van der Waals surface area contributed by atoms with Crippen LogP contribution in [-0.2, 0) is 0 Å². The minimum Gasteiger partial charge on any atom is -0.479 e. The lowest BCUT2D eigenvalue weighted by molar-refractivity contribution is 0.188. The number of urea groups is 1. The van der Waals surface area contributed by atoms with Crippen molar-refractivity contribution in [2.75, 3.05) is 25.5 Å². The Hall–Kier alpha value is -2.50. The third kappa shape index (κ3) is 3.64. The molecule has 3 rings (SSSR count). The molecule has 1 aromatic heterocycles. The van der Waals surface area contributed by atoms with Gasteiger partial charge >= 0.3 is 6.03 Å². The largest absolute Gasteiger partial charge is 0.479 e. The van der Waals surface area contributed by atoms with Crippen LogP contribution >= 0.6 is 0 Å². The summed E-state index contributed by atoms with van der Waals surface area (Å²) >= 11 is 0. The van der Waals surface area contributed by atoms with Crippen LogP contribution in [0.5, 0.6) is 5.88 Å². The topological polar surface area (TPSA) is 67.6 Å². The Labute approximate surface area is 135 Å². The maximum absolute atomic E-state index is 12.3.